The molecule has 1 amide bonds. The molecule has 1 unspecified atom stereocenters. The summed E-state index contributed by atoms with van der Waals surface area (Å²) in [5.74, 6) is 0.283. The van der Waals surface area contributed by atoms with E-state index < -0.39 is 5.97 Å². The van der Waals surface area contributed by atoms with Gasteiger partial charge in [-0.05, 0) is 43.9 Å². The molecule has 2 N–H and O–H groups in total. The summed E-state index contributed by atoms with van der Waals surface area (Å²) in [5, 5.41) is 0. The average Bonchev–Trinajstić information content (AvgIpc) is 3.42. The van der Waals surface area contributed by atoms with Crippen LogP contribution in [-0.2, 0) is 11.2 Å². The van der Waals surface area contributed by atoms with Crippen molar-refractivity contribution in [3.63, 3.8) is 0 Å². The van der Waals surface area contributed by atoms with Gasteiger partial charge in [0.05, 0.1) is 29.7 Å². The molecule has 0 aliphatic carbocycles. The number of para-hydroxylation sites is 2. The number of esters is 1. The average molecular weight is 380 g/mol. The number of aromatic nitrogens is 3. The fourth-order valence-corrected chi connectivity index (χ4v) is 4.08. The topological polar surface area (TPSA) is 91.1 Å². The molecule has 1 atom stereocenters. The van der Waals surface area contributed by atoms with Gasteiger partial charge in [-0.2, -0.15) is 0 Å². The van der Waals surface area contributed by atoms with Crippen LogP contribution in [0.3, 0.4) is 0 Å². The fraction of sp³-hybridized carbons (Fsp3) is 0.381. The second-order valence-corrected chi connectivity index (χ2v) is 7.12. The summed E-state index contributed by atoms with van der Waals surface area (Å²) in [7, 11) is 1.35. The first-order chi connectivity index (χ1) is 13.5. The number of imidazole rings is 1. The van der Waals surface area contributed by atoms with Crippen LogP contribution in [0.25, 0.3) is 11.0 Å². The quantitative estimate of drug-likeness (QED) is 0.678. The number of aromatic amines is 2. The van der Waals surface area contributed by atoms with Gasteiger partial charge in [-0.15, -0.1) is 0 Å². The highest BCUT2D eigenvalue weighted by atomic mass is 16.5. The summed E-state index contributed by atoms with van der Waals surface area (Å²) in [5.41, 5.74) is 4.16. The van der Waals surface area contributed by atoms with E-state index in [9.17, 15) is 9.59 Å². The molecule has 146 valence electrons. The molecular formula is C21H24N4O3. The van der Waals surface area contributed by atoms with E-state index in [0.717, 1.165) is 35.4 Å². The first-order valence-electron chi connectivity index (χ1n) is 9.60. The normalized spacial score (nSPS) is 16.7. The number of hydrogen-bond donors (Lipinski definition) is 2. The van der Waals surface area contributed by atoms with E-state index >= 15 is 0 Å². The van der Waals surface area contributed by atoms with Crippen molar-refractivity contribution in [1.29, 1.82) is 0 Å². The van der Waals surface area contributed by atoms with Crippen molar-refractivity contribution in [3.8, 4) is 0 Å². The number of nitrogens with zero attached hydrogens (tertiary/aromatic N) is 2. The molecule has 3 aromatic rings. The predicted molar refractivity (Wildman–Crippen MR) is 105 cm³/mol. The number of nitrogens with one attached hydrogen (secondary N) is 2. The molecule has 0 bridgehead atoms. The lowest BCUT2D eigenvalue weighted by atomic mass is 10.1. The number of hydrogen-bond acceptors (Lipinski definition) is 4. The Labute approximate surface area is 163 Å². The molecule has 1 fully saturated rings. The summed E-state index contributed by atoms with van der Waals surface area (Å²) in [6.45, 7) is 4.40. The zero-order valence-electron chi connectivity index (χ0n) is 16.3. The number of methoxy groups -OCH3 is 1. The van der Waals surface area contributed by atoms with Gasteiger partial charge in [0.2, 0.25) is 0 Å². The second-order valence-electron chi connectivity index (χ2n) is 7.12. The van der Waals surface area contributed by atoms with E-state index in [4.69, 9.17) is 9.72 Å². The minimum absolute atomic E-state index is 0.103. The van der Waals surface area contributed by atoms with Gasteiger partial charge >= 0.3 is 5.97 Å². The van der Waals surface area contributed by atoms with Crippen molar-refractivity contribution >= 4 is 22.9 Å². The highest BCUT2D eigenvalue weighted by Crippen LogP contribution is 2.33. The number of fused-ring (bicyclic) bond motifs is 1. The van der Waals surface area contributed by atoms with Crippen LogP contribution < -0.4 is 0 Å². The Kier molecular flexibility index (Phi) is 4.66. The first-order valence-corrected chi connectivity index (χ1v) is 9.60. The molecule has 0 spiro atoms. The van der Waals surface area contributed by atoms with E-state index in [2.05, 4.69) is 9.97 Å². The Hall–Kier alpha value is -3.09. The lowest BCUT2D eigenvalue weighted by Crippen LogP contribution is -2.31. The third kappa shape index (κ3) is 2.87. The Morgan fingerprint density at radius 3 is 2.79 bits per heavy atom. The maximum atomic E-state index is 13.4. The molecule has 2 aromatic heterocycles. The first kappa shape index (κ1) is 18.3. The van der Waals surface area contributed by atoms with Gasteiger partial charge in [0, 0.05) is 12.2 Å². The van der Waals surface area contributed by atoms with Crippen molar-refractivity contribution in [2.45, 2.75) is 39.2 Å². The molecule has 28 heavy (non-hydrogen) atoms. The lowest BCUT2D eigenvalue weighted by molar-refractivity contribution is 0.0599. The third-order valence-corrected chi connectivity index (χ3v) is 5.52. The molecule has 3 heterocycles. The monoisotopic (exact) mass is 380 g/mol. The van der Waals surface area contributed by atoms with Gasteiger partial charge < -0.3 is 19.6 Å². The van der Waals surface area contributed by atoms with Crippen LogP contribution in [0.1, 0.15) is 63.7 Å². The summed E-state index contributed by atoms with van der Waals surface area (Å²) < 4.78 is 4.90. The van der Waals surface area contributed by atoms with Crippen LogP contribution in [0.2, 0.25) is 0 Å². The van der Waals surface area contributed by atoms with Crippen LogP contribution in [0.4, 0.5) is 0 Å². The van der Waals surface area contributed by atoms with Crippen LogP contribution in [0, 0.1) is 6.92 Å². The summed E-state index contributed by atoms with van der Waals surface area (Å²) >= 11 is 0. The SMILES string of the molecule is CCc1[nH]c(C(=O)N2CCCC2c2nc3ccccc3[nH]2)c(C)c1C(=O)OC. The standard InChI is InChI=1S/C21H24N4O3/c1-4-13-17(21(27)28-3)12(2)18(22-13)20(26)25-11-7-10-16(25)19-23-14-8-5-6-9-15(14)24-19/h5-6,8-9,16,22H,4,7,10-11H2,1-3H3,(H,23,24). The summed E-state index contributed by atoms with van der Waals surface area (Å²) in [6.07, 6.45) is 2.39. The largest absolute Gasteiger partial charge is 0.465 e. The highest BCUT2D eigenvalue weighted by molar-refractivity contribution is 6.00. The van der Waals surface area contributed by atoms with Crippen LogP contribution in [-0.4, -0.2) is 45.4 Å². The van der Waals surface area contributed by atoms with Gasteiger partial charge in [0.15, 0.2) is 0 Å². The summed E-state index contributed by atoms with van der Waals surface area (Å²) in [4.78, 5) is 38.6. The van der Waals surface area contributed by atoms with Gasteiger partial charge in [0.25, 0.3) is 5.91 Å². The number of ether oxygens (including phenoxy) is 1. The van der Waals surface area contributed by atoms with Crippen molar-refractivity contribution in [2.24, 2.45) is 0 Å². The molecule has 0 saturated carbocycles. The van der Waals surface area contributed by atoms with Crippen molar-refractivity contribution < 1.29 is 14.3 Å². The van der Waals surface area contributed by atoms with Crippen LogP contribution >= 0.6 is 0 Å². The minimum Gasteiger partial charge on any atom is -0.465 e. The number of amides is 1. The van der Waals surface area contributed by atoms with Crippen molar-refractivity contribution in [1.82, 2.24) is 19.9 Å². The zero-order chi connectivity index (χ0) is 19.8. The molecular weight excluding hydrogens is 356 g/mol. The van der Waals surface area contributed by atoms with Gasteiger partial charge in [-0.25, -0.2) is 9.78 Å². The van der Waals surface area contributed by atoms with E-state index in [1.807, 2.05) is 36.1 Å². The molecule has 7 nitrogen and oxygen atoms in total. The van der Waals surface area contributed by atoms with Gasteiger partial charge in [-0.1, -0.05) is 19.1 Å². The van der Waals surface area contributed by atoms with E-state index in [0.29, 0.717) is 29.8 Å². The smallest absolute Gasteiger partial charge is 0.339 e. The number of H-pyrrole nitrogens is 2. The predicted octanol–water partition coefficient (Wildman–Crippen LogP) is 3.53. The molecule has 0 radical (unpaired) electrons. The minimum atomic E-state index is -0.417. The van der Waals surface area contributed by atoms with E-state index in [-0.39, 0.29) is 11.9 Å². The molecule has 1 aliphatic rings. The molecule has 1 aliphatic heterocycles. The molecule has 1 aromatic carbocycles. The van der Waals surface area contributed by atoms with Crippen molar-refractivity contribution in [3.05, 3.63) is 52.6 Å². The zero-order valence-corrected chi connectivity index (χ0v) is 16.3. The highest BCUT2D eigenvalue weighted by Gasteiger charge is 2.35. The maximum absolute atomic E-state index is 13.4. The Morgan fingerprint density at radius 2 is 2.07 bits per heavy atom. The molecule has 1 saturated heterocycles. The number of benzene rings is 1. The summed E-state index contributed by atoms with van der Waals surface area (Å²) in [6, 6.07) is 7.76. The van der Waals surface area contributed by atoms with Gasteiger partial charge in [0.1, 0.15) is 11.5 Å². The number of rotatable bonds is 4. The molecule has 7 heteroatoms. The van der Waals surface area contributed by atoms with E-state index in [1.54, 1.807) is 6.92 Å². The fourth-order valence-electron chi connectivity index (χ4n) is 4.08. The molecule has 4 rings (SSSR count). The second kappa shape index (κ2) is 7.14. The van der Waals surface area contributed by atoms with E-state index in [1.165, 1.54) is 7.11 Å². The Morgan fingerprint density at radius 1 is 1.29 bits per heavy atom. The van der Waals surface area contributed by atoms with Gasteiger partial charge in [-0.3, -0.25) is 4.79 Å². The Bertz CT molecular complexity index is 1020. The van der Waals surface area contributed by atoms with Crippen LogP contribution in [0.5, 0.6) is 0 Å². The maximum Gasteiger partial charge on any atom is 0.339 e. The lowest BCUT2D eigenvalue weighted by Gasteiger charge is -2.23. The number of carbonyl (C=O) groups excluding carboxylic acids is 2. The van der Waals surface area contributed by atoms with Crippen molar-refractivity contribution in [2.75, 3.05) is 13.7 Å². The third-order valence-electron chi connectivity index (χ3n) is 5.52. The number of likely N-dealkylation sites (tertiary alicyclic amines) is 1. The number of aryl methyl sites for hydroxylation is 1. The van der Waals surface area contributed by atoms with Crippen LogP contribution in [0.15, 0.2) is 24.3 Å². The number of carbonyl (C=O) groups is 2. The Balaban J connectivity index is 1.69.